The molecule has 0 amide bonds. The van der Waals surface area contributed by atoms with E-state index in [0.29, 0.717) is 23.7 Å². The molecule has 1 fully saturated rings. The normalized spacial score (nSPS) is 15.1. The van der Waals surface area contributed by atoms with E-state index in [0.717, 1.165) is 12.8 Å². The van der Waals surface area contributed by atoms with E-state index in [-0.39, 0.29) is 18.4 Å². The first-order valence-corrected chi connectivity index (χ1v) is 7.02. The Morgan fingerprint density at radius 2 is 1.90 bits per heavy atom. The molecule has 1 aliphatic carbocycles. The van der Waals surface area contributed by atoms with Crippen LogP contribution in [-0.2, 0) is 9.53 Å². The fourth-order valence-corrected chi connectivity index (χ4v) is 2.61. The number of hydrogen-bond acceptors (Lipinski definition) is 4. The van der Waals surface area contributed by atoms with Crippen molar-refractivity contribution in [1.29, 1.82) is 0 Å². The molecule has 0 bridgehead atoms. The van der Waals surface area contributed by atoms with E-state index in [1.165, 1.54) is 20.0 Å². The number of carbonyl (C=O) groups is 2. The van der Waals surface area contributed by atoms with Crippen LogP contribution in [0.1, 0.15) is 42.5 Å². The summed E-state index contributed by atoms with van der Waals surface area (Å²) in [6, 6.07) is 6.94. The van der Waals surface area contributed by atoms with Crippen LogP contribution in [0.4, 0.5) is 0 Å². The standard InChI is InChI=1S/C16H20O4/c1-19-15-9-5-4-8-13(15)14(17)11-20-16(18)10-12-6-2-3-7-12/h4-5,8-9,12H,2-3,6-7,10-11H2,1H3. The van der Waals surface area contributed by atoms with Gasteiger partial charge in [0.25, 0.3) is 0 Å². The van der Waals surface area contributed by atoms with Crippen LogP contribution in [0.5, 0.6) is 5.75 Å². The minimum Gasteiger partial charge on any atom is -0.496 e. The lowest BCUT2D eigenvalue weighted by Crippen LogP contribution is -2.16. The molecule has 2 rings (SSSR count). The van der Waals surface area contributed by atoms with Gasteiger partial charge in [0.15, 0.2) is 6.61 Å². The van der Waals surface area contributed by atoms with E-state index in [9.17, 15) is 9.59 Å². The fraction of sp³-hybridized carbons (Fsp3) is 0.500. The summed E-state index contributed by atoms with van der Waals surface area (Å²) in [5.74, 6) is 0.426. The average molecular weight is 276 g/mol. The van der Waals surface area contributed by atoms with Crippen molar-refractivity contribution in [3.8, 4) is 5.75 Å². The Balaban J connectivity index is 1.83. The van der Waals surface area contributed by atoms with E-state index in [1.807, 2.05) is 0 Å². The van der Waals surface area contributed by atoms with Gasteiger partial charge in [-0.3, -0.25) is 9.59 Å². The van der Waals surface area contributed by atoms with Crippen molar-refractivity contribution in [2.24, 2.45) is 5.92 Å². The predicted molar refractivity (Wildman–Crippen MR) is 74.9 cm³/mol. The average Bonchev–Trinajstić information content (AvgIpc) is 2.97. The SMILES string of the molecule is COc1ccccc1C(=O)COC(=O)CC1CCCC1. The van der Waals surface area contributed by atoms with Gasteiger partial charge < -0.3 is 9.47 Å². The zero-order valence-corrected chi connectivity index (χ0v) is 11.8. The zero-order valence-electron chi connectivity index (χ0n) is 11.8. The summed E-state index contributed by atoms with van der Waals surface area (Å²) in [6.07, 6.45) is 5.00. The van der Waals surface area contributed by atoms with Gasteiger partial charge in [-0.15, -0.1) is 0 Å². The summed E-state index contributed by atoms with van der Waals surface area (Å²) in [7, 11) is 1.51. The molecule has 0 aliphatic heterocycles. The number of ether oxygens (including phenoxy) is 2. The molecule has 0 radical (unpaired) electrons. The molecule has 0 saturated heterocycles. The second-order valence-electron chi connectivity index (χ2n) is 5.14. The highest BCUT2D eigenvalue weighted by Gasteiger charge is 2.20. The second kappa shape index (κ2) is 7.08. The summed E-state index contributed by atoms with van der Waals surface area (Å²) in [6.45, 7) is -0.216. The summed E-state index contributed by atoms with van der Waals surface area (Å²) in [5.41, 5.74) is 0.448. The number of methoxy groups -OCH3 is 1. The van der Waals surface area contributed by atoms with Crippen molar-refractivity contribution >= 4 is 11.8 Å². The van der Waals surface area contributed by atoms with Gasteiger partial charge in [-0.1, -0.05) is 25.0 Å². The Hall–Kier alpha value is -1.84. The molecule has 0 atom stereocenters. The lowest BCUT2D eigenvalue weighted by molar-refractivity contribution is -0.143. The highest BCUT2D eigenvalue weighted by atomic mass is 16.5. The number of rotatable bonds is 6. The summed E-state index contributed by atoms with van der Waals surface area (Å²) in [4.78, 5) is 23.7. The number of ketones is 1. The minimum atomic E-state index is -0.278. The summed E-state index contributed by atoms with van der Waals surface area (Å²) < 4.78 is 10.2. The Kier molecular flexibility index (Phi) is 5.16. The molecule has 0 spiro atoms. The van der Waals surface area contributed by atoms with Gasteiger partial charge in [-0.25, -0.2) is 0 Å². The lowest BCUT2D eigenvalue weighted by Gasteiger charge is -2.10. The van der Waals surface area contributed by atoms with Crippen molar-refractivity contribution in [1.82, 2.24) is 0 Å². The van der Waals surface area contributed by atoms with Gasteiger partial charge in [0.2, 0.25) is 5.78 Å². The second-order valence-corrected chi connectivity index (χ2v) is 5.14. The molecule has 0 aromatic heterocycles. The lowest BCUT2D eigenvalue weighted by atomic mass is 10.0. The van der Waals surface area contributed by atoms with Gasteiger partial charge >= 0.3 is 5.97 Å². The van der Waals surface area contributed by atoms with E-state index >= 15 is 0 Å². The van der Waals surface area contributed by atoms with Crippen LogP contribution in [-0.4, -0.2) is 25.5 Å². The quantitative estimate of drug-likeness (QED) is 0.592. The van der Waals surface area contributed by atoms with E-state index in [1.54, 1.807) is 24.3 Å². The fourth-order valence-electron chi connectivity index (χ4n) is 2.61. The first-order chi connectivity index (χ1) is 9.70. The van der Waals surface area contributed by atoms with Crippen LogP contribution < -0.4 is 4.74 Å². The molecule has 0 N–H and O–H groups in total. The number of hydrogen-bond donors (Lipinski definition) is 0. The van der Waals surface area contributed by atoms with E-state index in [2.05, 4.69) is 0 Å². The van der Waals surface area contributed by atoms with Crippen molar-refractivity contribution < 1.29 is 19.1 Å². The Labute approximate surface area is 119 Å². The van der Waals surface area contributed by atoms with Gasteiger partial charge in [-0.05, 0) is 30.9 Å². The highest BCUT2D eigenvalue weighted by Crippen LogP contribution is 2.27. The Morgan fingerprint density at radius 1 is 1.20 bits per heavy atom. The van der Waals surface area contributed by atoms with Crippen LogP contribution in [0.3, 0.4) is 0 Å². The third-order valence-corrected chi connectivity index (χ3v) is 3.70. The molecule has 1 aromatic carbocycles. The first-order valence-electron chi connectivity index (χ1n) is 7.02. The number of Topliss-reactive ketones (excluding diaryl/α,β-unsaturated/α-hetero) is 1. The summed E-state index contributed by atoms with van der Waals surface area (Å²) >= 11 is 0. The maximum absolute atomic E-state index is 12.0. The molecule has 20 heavy (non-hydrogen) atoms. The monoisotopic (exact) mass is 276 g/mol. The van der Waals surface area contributed by atoms with Gasteiger partial charge in [0.05, 0.1) is 12.7 Å². The number of carbonyl (C=O) groups excluding carboxylic acids is 2. The highest BCUT2D eigenvalue weighted by molar-refractivity contribution is 6.00. The van der Waals surface area contributed by atoms with Gasteiger partial charge in [-0.2, -0.15) is 0 Å². The molecule has 108 valence electrons. The number of para-hydroxylation sites is 1. The molecule has 1 saturated carbocycles. The third kappa shape index (κ3) is 3.83. The van der Waals surface area contributed by atoms with E-state index < -0.39 is 0 Å². The van der Waals surface area contributed by atoms with Crippen molar-refractivity contribution in [2.45, 2.75) is 32.1 Å². The molecular weight excluding hydrogens is 256 g/mol. The number of esters is 1. The van der Waals surface area contributed by atoms with Crippen molar-refractivity contribution in [3.63, 3.8) is 0 Å². The zero-order chi connectivity index (χ0) is 14.4. The molecule has 1 aliphatic rings. The maximum atomic E-state index is 12.0. The molecule has 0 heterocycles. The van der Waals surface area contributed by atoms with Gasteiger partial charge in [0.1, 0.15) is 5.75 Å². The van der Waals surface area contributed by atoms with E-state index in [4.69, 9.17) is 9.47 Å². The molecule has 0 unspecified atom stereocenters. The van der Waals surface area contributed by atoms with Crippen LogP contribution in [0.25, 0.3) is 0 Å². The maximum Gasteiger partial charge on any atom is 0.306 e. The summed E-state index contributed by atoms with van der Waals surface area (Å²) in [5, 5.41) is 0. The van der Waals surface area contributed by atoms with Crippen LogP contribution >= 0.6 is 0 Å². The van der Waals surface area contributed by atoms with Gasteiger partial charge in [0, 0.05) is 6.42 Å². The van der Waals surface area contributed by atoms with Crippen molar-refractivity contribution in [2.75, 3.05) is 13.7 Å². The molecular formula is C16H20O4. The Bertz CT molecular complexity index is 475. The van der Waals surface area contributed by atoms with Crippen LogP contribution in [0.15, 0.2) is 24.3 Å². The smallest absolute Gasteiger partial charge is 0.306 e. The molecule has 1 aromatic rings. The third-order valence-electron chi connectivity index (χ3n) is 3.70. The molecule has 4 nitrogen and oxygen atoms in total. The first kappa shape index (κ1) is 14.6. The predicted octanol–water partition coefficient (Wildman–Crippen LogP) is 3.00. The van der Waals surface area contributed by atoms with Crippen LogP contribution in [0, 0.1) is 5.92 Å². The topological polar surface area (TPSA) is 52.6 Å². The van der Waals surface area contributed by atoms with Crippen LogP contribution in [0.2, 0.25) is 0 Å². The van der Waals surface area contributed by atoms with Crippen molar-refractivity contribution in [3.05, 3.63) is 29.8 Å². The minimum absolute atomic E-state index is 0.216. The molecule has 4 heteroatoms. The number of benzene rings is 1. The Morgan fingerprint density at radius 3 is 2.60 bits per heavy atom. The largest absolute Gasteiger partial charge is 0.496 e.